The molecule has 7 heteroatoms. The van der Waals surface area contributed by atoms with Gasteiger partial charge in [-0.15, -0.1) is 0 Å². The fraction of sp³-hybridized carbons (Fsp3) is 0.591. The Hall–Kier alpha value is -2.57. The van der Waals surface area contributed by atoms with Gasteiger partial charge in [-0.3, -0.25) is 14.5 Å². The van der Waals surface area contributed by atoms with Crippen LogP contribution in [0.4, 0.5) is 4.79 Å². The molecular formula is C22H29N3O4. The van der Waals surface area contributed by atoms with Crippen LogP contribution < -0.4 is 10.1 Å². The van der Waals surface area contributed by atoms with E-state index in [9.17, 15) is 14.4 Å². The molecule has 156 valence electrons. The molecule has 0 bridgehead atoms. The lowest BCUT2D eigenvalue weighted by molar-refractivity contribution is -0.134. The van der Waals surface area contributed by atoms with Gasteiger partial charge in [0.2, 0.25) is 5.91 Å². The van der Waals surface area contributed by atoms with Gasteiger partial charge in [0.15, 0.2) is 0 Å². The summed E-state index contributed by atoms with van der Waals surface area (Å²) < 4.78 is 5.50. The van der Waals surface area contributed by atoms with Gasteiger partial charge in [-0.05, 0) is 50.3 Å². The topological polar surface area (TPSA) is 79.0 Å². The molecule has 1 aliphatic carbocycles. The summed E-state index contributed by atoms with van der Waals surface area (Å²) in [7, 11) is 0. The highest BCUT2D eigenvalue weighted by Gasteiger charge is 2.52. The van der Waals surface area contributed by atoms with Gasteiger partial charge in [0.05, 0.1) is 12.6 Å². The van der Waals surface area contributed by atoms with Gasteiger partial charge >= 0.3 is 6.03 Å². The molecule has 1 saturated carbocycles. The lowest BCUT2D eigenvalue weighted by atomic mass is 9.98. The first-order chi connectivity index (χ1) is 14.0. The molecule has 2 aliphatic heterocycles. The molecule has 29 heavy (non-hydrogen) atoms. The first-order valence-corrected chi connectivity index (χ1v) is 10.7. The van der Waals surface area contributed by atoms with Crippen molar-refractivity contribution in [2.24, 2.45) is 0 Å². The SMILES string of the molecule is CCOc1ccc(C2CCCN2C(=O)CCN2C(=O)NC3(CCCC3)C2=O)cc1. The molecule has 1 spiro atoms. The molecule has 1 atom stereocenters. The van der Waals surface area contributed by atoms with Crippen molar-refractivity contribution in [1.29, 1.82) is 0 Å². The van der Waals surface area contributed by atoms with Crippen LogP contribution in [-0.2, 0) is 9.59 Å². The summed E-state index contributed by atoms with van der Waals surface area (Å²) in [5.74, 6) is 0.665. The van der Waals surface area contributed by atoms with Crippen molar-refractivity contribution in [1.82, 2.24) is 15.1 Å². The first kappa shape index (κ1) is 19.7. The number of nitrogens with one attached hydrogen (secondary N) is 1. The highest BCUT2D eigenvalue weighted by atomic mass is 16.5. The Balaban J connectivity index is 1.37. The van der Waals surface area contributed by atoms with Gasteiger partial charge in [-0.2, -0.15) is 0 Å². The molecule has 3 fully saturated rings. The third kappa shape index (κ3) is 3.70. The van der Waals surface area contributed by atoms with E-state index in [1.165, 1.54) is 4.90 Å². The quantitative estimate of drug-likeness (QED) is 0.746. The van der Waals surface area contributed by atoms with Crippen molar-refractivity contribution in [2.45, 2.75) is 63.5 Å². The monoisotopic (exact) mass is 399 g/mol. The fourth-order valence-electron chi connectivity index (χ4n) is 4.91. The molecule has 1 aromatic rings. The first-order valence-electron chi connectivity index (χ1n) is 10.7. The number of hydrogen-bond acceptors (Lipinski definition) is 4. The van der Waals surface area contributed by atoms with Gasteiger partial charge in [0.1, 0.15) is 11.3 Å². The zero-order valence-electron chi connectivity index (χ0n) is 17.0. The molecule has 4 rings (SSSR count). The molecule has 2 saturated heterocycles. The standard InChI is InChI=1S/C22H29N3O4/c1-2-29-17-9-7-16(8-10-17)18-6-5-14-24(18)19(26)11-15-25-20(27)22(23-21(25)28)12-3-4-13-22/h7-10,18H,2-6,11-15H2,1H3,(H,23,28). The van der Waals surface area contributed by atoms with Gasteiger partial charge in [0, 0.05) is 19.5 Å². The summed E-state index contributed by atoms with van der Waals surface area (Å²) >= 11 is 0. The molecule has 2 heterocycles. The Morgan fingerprint density at radius 1 is 1.17 bits per heavy atom. The third-order valence-corrected chi connectivity index (χ3v) is 6.40. The summed E-state index contributed by atoms with van der Waals surface area (Å²) in [6.07, 6.45) is 5.36. The maximum absolute atomic E-state index is 12.9. The van der Waals surface area contributed by atoms with E-state index in [4.69, 9.17) is 4.74 Å². The number of benzene rings is 1. The molecule has 0 radical (unpaired) electrons. The molecule has 3 aliphatic rings. The number of urea groups is 1. The molecule has 1 unspecified atom stereocenters. The predicted octanol–water partition coefficient (Wildman–Crippen LogP) is 3.00. The smallest absolute Gasteiger partial charge is 0.325 e. The minimum atomic E-state index is -0.710. The van der Waals surface area contributed by atoms with Crippen molar-refractivity contribution in [3.05, 3.63) is 29.8 Å². The van der Waals surface area contributed by atoms with Crippen LogP contribution in [0.2, 0.25) is 0 Å². The van der Waals surface area contributed by atoms with Crippen LogP contribution in [0, 0.1) is 0 Å². The summed E-state index contributed by atoms with van der Waals surface area (Å²) in [5.41, 5.74) is 0.387. The number of carbonyl (C=O) groups is 3. The summed E-state index contributed by atoms with van der Waals surface area (Å²) in [6, 6.07) is 7.60. The maximum atomic E-state index is 12.9. The Morgan fingerprint density at radius 3 is 2.59 bits per heavy atom. The van der Waals surface area contributed by atoms with Crippen molar-refractivity contribution in [2.75, 3.05) is 19.7 Å². The van der Waals surface area contributed by atoms with Crippen molar-refractivity contribution < 1.29 is 19.1 Å². The zero-order chi connectivity index (χ0) is 20.4. The number of hydrogen-bond donors (Lipinski definition) is 1. The van der Waals surface area contributed by atoms with Gasteiger partial charge in [-0.1, -0.05) is 25.0 Å². The van der Waals surface area contributed by atoms with Crippen LogP contribution in [-0.4, -0.2) is 52.9 Å². The second-order valence-electron chi connectivity index (χ2n) is 8.17. The molecule has 1 aromatic carbocycles. The molecule has 4 amide bonds. The van der Waals surface area contributed by atoms with Gasteiger partial charge < -0.3 is 15.0 Å². The minimum Gasteiger partial charge on any atom is -0.494 e. The number of nitrogens with zero attached hydrogens (tertiary/aromatic N) is 2. The summed E-state index contributed by atoms with van der Waals surface area (Å²) in [6.45, 7) is 3.43. The van der Waals surface area contributed by atoms with E-state index in [1.807, 2.05) is 36.1 Å². The van der Waals surface area contributed by atoms with E-state index in [2.05, 4.69) is 5.32 Å². The molecule has 0 aromatic heterocycles. The lowest BCUT2D eigenvalue weighted by Gasteiger charge is -2.26. The van der Waals surface area contributed by atoms with Crippen LogP contribution in [0.25, 0.3) is 0 Å². The predicted molar refractivity (Wildman–Crippen MR) is 107 cm³/mol. The van der Waals surface area contributed by atoms with E-state index in [0.717, 1.165) is 37.0 Å². The van der Waals surface area contributed by atoms with Crippen molar-refractivity contribution in [3.8, 4) is 5.75 Å². The molecule has 7 nitrogen and oxygen atoms in total. The Labute approximate surface area is 171 Å². The normalized spacial score (nSPS) is 23.1. The second-order valence-corrected chi connectivity index (χ2v) is 8.17. The van der Waals surface area contributed by atoms with E-state index in [-0.39, 0.29) is 36.9 Å². The van der Waals surface area contributed by atoms with E-state index < -0.39 is 5.54 Å². The van der Waals surface area contributed by atoms with E-state index in [0.29, 0.717) is 26.0 Å². The molecule has 1 N–H and O–H groups in total. The van der Waals surface area contributed by atoms with E-state index >= 15 is 0 Å². The Bertz CT molecular complexity index is 786. The Morgan fingerprint density at radius 2 is 1.90 bits per heavy atom. The number of imide groups is 1. The maximum Gasteiger partial charge on any atom is 0.325 e. The van der Waals surface area contributed by atoms with E-state index in [1.54, 1.807) is 0 Å². The van der Waals surface area contributed by atoms with Crippen LogP contribution >= 0.6 is 0 Å². The third-order valence-electron chi connectivity index (χ3n) is 6.40. The lowest BCUT2D eigenvalue weighted by Crippen LogP contribution is -2.44. The number of amides is 4. The van der Waals surface area contributed by atoms with Gasteiger partial charge in [0.25, 0.3) is 5.91 Å². The van der Waals surface area contributed by atoms with Crippen LogP contribution in [0.3, 0.4) is 0 Å². The zero-order valence-corrected chi connectivity index (χ0v) is 17.0. The highest BCUT2D eigenvalue weighted by molar-refractivity contribution is 6.07. The Kier molecular flexibility index (Phi) is 5.48. The largest absolute Gasteiger partial charge is 0.494 e. The van der Waals surface area contributed by atoms with Crippen LogP contribution in [0.5, 0.6) is 5.75 Å². The van der Waals surface area contributed by atoms with Gasteiger partial charge in [-0.25, -0.2) is 4.79 Å². The number of rotatable bonds is 6. The number of ether oxygens (including phenoxy) is 1. The summed E-state index contributed by atoms with van der Waals surface area (Å²) in [4.78, 5) is 41.1. The average Bonchev–Trinajstić information content (AvgIpc) is 3.43. The van der Waals surface area contributed by atoms with Crippen molar-refractivity contribution in [3.63, 3.8) is 0 Å². The number of carbonyl (C=O) groups excluding carboxylic acids is 3. The van der Waals surface area contributed by atoms with Crippen molar-refractivity contribution >= 4 is 17.8 Å². The second kappa shape index (κ2) is 8.05. The highest BCUT2D eigenvalue weighted by Crippen LogP contribution is 2.36. The molecular weight excluding hydrogens is 370 g/mol. The average molecular weight is 399 g/mol. The van der Waals surface area contributed by atoms with Crippen LogP contribution in [0.1, 0.15) is 63.5 Å². The summed E-state index contributed by atoms with van der Waals surface area (Å²) in [5, 5.41) is 2.87. The van der Waals surface area contributed by atoms with Crippen LogP contribution in [0.15, 0.2) is 24.3 Å². The number of likely N-dealkylation sites (tertiary alicyclic amines) is 1. The minimum absolute atomic E-state index is 0.00523. The fourth-order valence-corrected chi connectivity index (χ4v) is 4.91.